The van der Waals surface area contributed by atoms with Gasteiger partial charge < -0.3 is 20.3 Å². The van der Waals surface area contributed by atoms with Gasteiger partial charge in [0.05, 0.1) is 19.0 Å². The molecule has 23 heavy (non-hydrogen) atoms. The number of aromatic nitrogens is 1. The van der Waals surface area contributed by atoms with Gasteiger partial charge in [0, 0.05) is 25.2 Å². The number of hydrogen-bond donors (Lipinski definition) is 2. The van der Waals surface area contributed by atoms with Crippen LogP contribution in [0.2, 0.25) is 0 Å². The predicted molar refractivity (Wildman–Crippen MR) is 99.1 cm³/mol. The van der Waals surface area contributed by atoms with Crippen molar-refractivity contribution < 1.29 is 4.74 Å². The molecular formula is C17H28N4OS. The van der Waals surface area contributed by atoms with E-state index < -0.39 is 0 Å². The van der Waals surface area contributed by atoms with Crippen molar-refractivity contribution in [3.63, 3.8) is 0 Å². The summed E-state index contributed by atoms with van der Waals surface area (Å²) < 4.78 is 5.04. The van der Waals surface area contributed by atoms with Crippen LogP contribution in [0.3, 0.4) is 0 Å². The number of thiocarbonyl (C=S) groups is 1. The number of anilines is 1. The van der Waals surface area contributed by atoms with Crippen LogP contribution in [-0.4, -0.2) is 47.8 Å². The zero-order valence-electron chi connectivity index (χ0n) is 14.2. The van der Waals surface area contributed by atoms with Crippen LogP contribution in [0.5, 0.6) is 5.88 Å². The molecule has 0 unspecified atom stereocenters. The number of pyridine rings is 1. The lowest BCUT2D eigenvalue weighted by molar-refractivity contribution is 0.143. The largest absolute Gasteiger partial charge is 0.481 e. The lowest BCUT2D eigenvalue weighted by Crippen LogP contribution is -2.40. The van der Waals surface area contributed by atoms with E-state index in [2.05, 4.69) is 27.4 Å². The van der Waals surface area contributed by atoms with Gasteiger partial charge in [-0.1, -0.05) is 13.3 Å². The minimum Gasteiger partial charge on any atom is -0.481 e. The highest BCUT2D eigenvalue weighted by molar-refractivity contribution is 7.80. The molecule has 1 aliphatic heterocycles. The summed E-state index contributed by atoms with van der Waals surface area (Å²) in [5, 5.41) is 7.05. The summed E-state index contributed by atoms with van der Waals surface area (Å²) in [6.07, 6.45) is 8.17. The highest BCUT2D eigenvalue weighted by Gasteiger charge is 2.19. The van der Waals surface area contributed by atoms with Crippen LogP contribution in [0.1, 0.15) is 39.0 Å². The van der Waals surface area contributed by atoms with Crippen molar-refractivity contribution in [3.8, 4) is 5.88 Å². The maximum absolute atomic E-state index is 5.32. The molecule has 1 aliphatic rings. The minimum absolute atomic E-state index is 0.599. The maximum atomic E-state index is 5.32. The van der Waals surface area contributed by atoms with E-state index in [1.807, 2.05) is 12.1 Å². The highest BCUT2D eigenvalue weighted by atomic mass is 32.1. The van der Waals surface area contributed by atoms with Crippen LogP contribution in [-0.2, 0) is 0 Å². The Morgan fingerprint density at radius 1 is 1.43 bits per heavy atom. The molecule has 0 radical (unpaired) electrons. The van der Waals surface area contributed by atoms with E-state index in [9.17, 15) is 0 Å². The molecule has 1 fully saturated rings. The smallest absolute Gasteiger partial charge is 0.213 e. The van der Waals surface area contributed by atoms with Crippen LogP contribution in [0.4, 0.5) is 5.69 Å². The molecule has 1 atom stereocenters. The fraction of sp³-hybridized carbons (Fsp3) is 0.647. The van der Waals surface area contributed by atoms with Gasteiger partial charge in [0.2, 0.25) is 5.88 Å². The molecule has 1 aromatic heterocycles. The average Bonchev–Trinajstić information content (AvgIpc) is 2.59. The first-order chi connectivity index (χ1) is 11.2. The van der Waals surface area contributed by atoms with E-state index in [0.717, 1.165) is 31.2 Å². The van der Waals surface area contributed by atoms with E-state index in [4.69, 9.17) is 17.0 Å². The van der Waals surface area contributed by atoms with Crippen LogP contribution < -0.4 is 15.4 Å². The fourth-order valence-electron chi connectivity index (χ4n) is 3.05. The van der Waals surface area contributed by atoms with Crippen molar-refractivity contribution in [1.82, 2.24) is 15.2 Å². The molecule has 1 aromatic rings. The van der Waals surface area contributed by atoms with Crippen molar-refractivity contribution >= 4 is 23.0 Å². The van der Waals surface area contributed by atoms with Gasteiger partial charge >= 0.3 is 0 Å². The van der Waals surface area contributed by atoms with Crippen molar-refractivity contribution in [1.29, 1.82) is 0 Å². The number of likely N-dealkylation sites (tertiary alicyclic amines) is 1. The Labute approximate surface area is 144 Å². The first-order valence-electron chi connectivity index (χ1n) is 8.52. The first kappa shape index (κ1) is 17.9. The van der Waals surface area contributed by atoms with Crippen LogP contribution in [0.25, 0.3) is 0 Å². The number of methoxy groups -OCH3 is 1. The SMILES string of the molecule is CC[C@H]1CCCCN1CCCNC(=S)Nc1ccc(OC)nc1. The standard InChI is InChI=1S/C17H28N4OS/c1-3-15-7-4-5-11-21(15)12-6-10-18-17(23)20-14-8-9-16(22-2)19-13-14/h8-9,13,15H,3-7,10-12H2,1-2H3,(H2,18,20,23)/t15-/m0/s1. The second-order valence-corrected chi connectivity index (χ2v) is 6.33. The molecule has 0 amide bonds. The molecule has 2 heterocycles. The molecular weight excluding hydrogens is 308 g/mol. The Balaban J connectivity index is 1.64. The lowest BCUT2D eigenvalue weighted by atomic mass is 10.00. The van der Waals surface area contributed by atoms with Gasteiger partial charge in [-0.15, -0.1) is 0 Å². The summed E-state index contributed by atoms with van der Waals surface area (Å²) in [5.41, 5.74) is 0.866. The molecule has 5 nitrogen and oxygen atoms in total. The van der Waals surface area contributed by atoms with Crippen molar-refractivity contribution in [2.45, 2.75) is 45.1 Å². The van der Waals surface area contributed by atoms with Gasteiger partial charge in [0.25, 0.3) is 0 Å². The summed E-state index contributed by atoms with van der Waals surface area (Å²) in [6.45, 7) is 5.59. The van der Waals surface area contributed by atoms with Gasteiger partial charge in [0.15, 0.2) is 5.11 Å². The van der Waals surface area contributed by atoms with E-state index in [1.54, 1.807) is 13.3 Å². The van der Waals surface area contributed by atoms with Crippen molar-refractivity contribution in [2.24, 2.45) is 0 Å². The Bertz CT molecular complexity index is 480. The number of hydrogen-bond acceptors (Lipinski definition) is 4. The van der Waals surface area contributed by atoms with Crippen LogP contribution >= 0.6 is 12.2 Å². The fourth-order valence-corrected chi connectivity index (χ4v) is 3.27. The van der Waals surface area contributed by atoms with Crippen LogP contribution in [0, 0.1) is 0 Å². The molecule has 0 saturated carbocycles. The molecule has 128 valence electrons. The molecule has 2 N–H and O–H groups in total. The lowest BCUT2D eigenvalue weighted by Gasteiger charge is -2.35. The highest BCUT2D eigenvalue weighted by Crippen LogP contribution is 2.19. The third kappa shape index (κ3) is 5.95. The maximum Gasteiger partial charge on any atom is 0.213 e. The summed E-state index contributed by atoms with van der Waals surface area (Å²) in [5.74, 6) is 0.599. The quantitative estimate of drug-likeness (QED) is 0.590. The monoisotopic (exact) mass is 336 g/mol. The van der Waals surface area contributed by atoms with Gasteiger partial charge in [-0.25, -0.2) is 4.98 Å². The second-order valence-electron chi connectivity index (χ2n) is 5.92. The normalized spacial score (nSPS) is 18.4. The van der Waals surface area contributed by atoms with Gasteiger partial charge in [-0.3, -0.25) is 0 Å². The molecule has 0 bridgehead atoms. The first-order valence-corrected chi connectivity index (χ1v) is 8.92. The van der Waals surface area contributed by atoms with E-state index in [1.165, 1.54) is 32.2 Å². The summed E-state index contributed by atoms with van der Waals surface area (Å²) in [4.78, 5) is 6.78. The second kappa shape index (κ2) is 9.67. The zero-order valence-corrected chi connectivity index (χ0v) is 15.0. The Hall–Kier alpha value is -1.40. The topological polar surface area (TPSA) is 49.4 Å². The minimum atomic E-state index is 0.599. The summed E-state index contributed by atoms with van der Waals surface area (Å²) in [6, 6.07) is 4.49. The van der Waals surface area contributed by atoms with Gasteiger partial charge in [-0.2, -0.15) is 0 Å². The Morgan fingerprint density at radius 3 is 3.00 bits per heavy atom. The van der Waals surface area contributed by atoms with E-state index in [0.29, 0.717) is 11.0 Å². The van der Waals surface area contributed by atoms with E-state index in [-0.39, 0.29) is 0 Å². The van der Waals surface area contributed by atoms with E-state index >= 15 is 0 Å². The summed E-state index contributed by atoms with van der Waals surface area (Å²) in [7, 11) is 1.60. The summed E-state index contributed by atoms with van der Waals surface area (Å²) >= 11 is 5.32. The van der Waals surface area contributed by atoms with Gasteiger partial charge in [0.1, 0.15) is 0 Å². The van der Waals surface area contributed by atoms with Crippen molar-refractivity contribution in [3.05, 3.63) is 18.3 Å². The van der Waals surface area contributed by atoms with Crippen molar-refractivity contribution in [2.75, 3.05) is 32.1 Å². The molecule has 0 spiro atoms. The molecule has 1 saturated heterocycles. The number of ether oxygens (including phenoxy) is 1. The number of piperidine rings is 1. The zero-order chi connectivity index (χ0) is 16.5. The Kier molecular flexibility index (Phi) is 7.55. The molecule has 2 rings (SSSR count). The third-order valence-corrected chi connectivity index (χ3v) is 4.58. The average molecular weight is 337 g/mol. The molecule has 6 heteroatoms. The predicted octanol–water partition coefficient (Wildman–Crippen LogP) is 3.03. The number of nitrogens with zero attached hydrogens (tertiary/aromatic N) is 2. The molecule has 0 aliphatic carbocycles. The van der Waals surface area contributed by atoms with Gasteiger partial charge in [-0.05, 0) is 50.5 Å². The Morgan fingerprint density at radius 2 is 2.30 bits per heavy atom. The van der Waals surface area contributed by atoms with Crippen LogP contribution in [0.15, 0.2) is 18.3 Å². The number of rotatable bonds is 7. The number of nitrogens with one attached hydrogen (secondary N) is 2. The third-order valence-electron chi connectivity index (χ3n) is 4.33. The molecule has 0 aromatic carbocycles.